The number of nitrogens with zero attached hydrogens (tertiary/aromatic N) is 8. The van der Waals surface area contributed by atoms with Gasteiger partial charge in [-0.1, -0.05) is 157 Å². The Bertz CT molecular complexity index is 4210. The van der Waals surface area contributed by atoms with Crippen molar-refractivity contribution in [1.82, 2.24) is 29.9 Å². The Morgan fingerprint density at radius 2 is 0.592 bits per heavy atom. The van der Waals surface area contributed by atoms with Gasteiger partial charge in [0.25, 0.3) is 0 Å². The number of hydrogen-bond acceptors (Lipinski definition) is 18. The van der Waals surface area contributed by atoms with Crippen LogP contribution in [0, 0.1) is 20.5 Å². The van der Waals surface area contributed by atoms with Gasteiger partial charge in [0.15, 0.2) is 0 Å². The van der Waals surface area contributed by atoms with Gasteiger partial charge >= 0.3 is 19.5 Å². The third-order valence-corrected chi connectivity index (χ3v) is 16.9. The van der Waals surface area contributed by atoms with Crippen molar-refractivity contribution >= 4 is 93.8 Å². The molecule has 98 heavy (non-hydrogen) atoms. The van der Waals surface area contributed by atoms with Gasteiger partial charge in [-0.2, -0.15) is 0 Å². The molecule has 0 saturated carbocycles. The molecule has 0 spiro atoms. The van der Waals surface area contributed by atoms with Crippen molar-refractivity contribution in [1.29, 1.82) is 0 Å². The smallest absolute Gasteiger partial charge is 0.340 e. The van der Waals surface area contributed by atoms with Crippen molar-refractivity contribution in [3.8, 4) is 67.8 Å². The summed E-state index contributed by atoms with van der Waals surface area (Å²) in [6.45, 7) is 6.30. The van der Waals surface area contributed by atoms with Gasteiger partial charge in [0, 0.05) is 57.5 Å². The first-order valence-corrected chi connectivity index (χ1v) is 35.1. The zero-order chi connectivity index (χ0) is 68.3. The van der Waals surface area contributed by atoms with Crippen LogP contribution in [-0.4, -0.2) is 48.3 Å². The van der Waals surface area contributed by atoms with Crippen LogP contribution in [-0.2, 0) is 19.5 Å². The SMILES string of the molecule is CCN1c2ccccc2Sc2cc(/C=C/c3ccc(-c4cc(-c5ccccn5)nc(-c5ccccn5)c4)cc3)ccc21.CCN1c2ccccc2Sc2cc(/C=C/c3ccc(-c4cc(-c5ccccn5)nc(-c5ccccn5)c4)cc3)ccc21.ClCCl.[O-][Cl+3]([O-])([O-])[O-].[O-][Cl+3]([O-])([O-])[O-].[Zn+2]. The standard InChI is InChI=1S/2C37H28N4S.CH2Cl2.2ClHO4.Zn/c2*1-2-41-34-11-3-4-12-36(34)42-37-23-27(17-20-35(37)41)14-13-26-15-18-28(19-16-26)29-24-32(30-9-5-7-21-38-30)40-33(25-29)31-10-6-8-22-39-31;2-1-3;2*2-1(3,4)5;/h2*3-25H,2H2,1H3;1H2;2*(H,2,3,4,5);/q;;;;;+2/p-2/b2*14-13+;;;;. The minimum Gasteiger partial charge on any atom is -0.340 e. The van der Waals surface area contributed by atoms with Crippen LogP contribution >= 0.6 is 46.7 Å². The number of rotatable bonds is 12. The topological polar surface area (TPSA) is 268 Å². The molecule has 0 radical (unpaired) electrons. The molecule has 488 valence electrons. The van der Waals surface area contributed by atoms with E-state index in [0.29, 0.717) is 0 Å². The summed E-state index contributed by atoms with van der Waals surface area (Å²) in [5.41, 5.74) is 20.8. The minimum atomic E-state index is -4.94. The molecule has 0 N–H and O–H groups in total. The van der Waals surface area contributed by atoms with Gasteiger partial charge < -0.3 is 9.80 Å². The minimum absolute atomic E-state index is 0. The first-order valence-electron chi connectivity index (χ1n) is 29.9. The van der Waals surface area contributed by atoms with E-state index in [4.69, 9.17) is 70.4 Å². The molecule has 16 nitrogen and oxygen atoms in total. The first-order chi connectivity index (χ1) is 46.9. The fraction of sp³-hybridized carbons (Fsp3) is 0.0667. The van der Waals surface area contributed by atoms with Crippen molar-refractivity contribution in [2.45, 2.75) is 33.4 Å². The summed E-state index contributed by atoms with van der Waals surface area (Å²) in [4.78, 5) is 37.9. The number of pyridine rings is 6. The predicted octanol–water partition coefficient (Wildman–Crippen LogP) is 11.2. The number of alkyl halides is 2. The number of aromatic nitrogens is 6. The second-order valence-electron chi connectivity index (χ2n) is 21.0. The largest absolute Gasteiger partial charge is 2.00 e. The van der Waals surface area contributed by atoms with Crippen LogP contribution < -0.4 is 47.1 Å². The summed E-state index contributed by atoms with van der Waals surface area (Å²) < 4.78 is 67.9. The van der Waals surface area contributed by atoms with Crippen LogP contribution in [0.2, 0.25) is 0 Å². The van der Waals surface area contributed by atoms with Crippen molar-refractivity contribution in [3.63, 3.8) is 0 Å². The average molecular weight is 1470 g/mol. The van der Waals surface area contributed by atoms with Crippen LogP contribution in [0.25, 0.3) is 92.1 Å². The molecule has 0 amide bonds. The number of halogens is 4. The third-order valence-electron chi connectivity index (χ3n) is 14.7. The van der Waals surface area contributed by atoms with Crippen LogP contribution in [0.4, 0.5) is 22.7 Å². The second-order valence-corrected chi connectivity index (χ2v) is 25.5. The van der Waals surface area contributed by atoms with E-state index in [9.17, 15) is 0 Å². The maximum Gasteiger partial charge on any atom is 2.00 e. The molecule has 8 heterocycles. The maximum absolute atomic E-state index is 8.49. The molecule has 0 atom stereocenters. The molecule has 23 heteroatoms. The van der Waals surface area contributed by atoms with Gasteiger partial charge in [0.1, 0.15) is 0 Å². The van der Waals surface area contributed by atoms with E-state index in [1.807, 2.05) is 96.3 Å². The number of fused-ring (bicyclic) bond motifs is 4. The molecule has 6 aromatic heterocycles. The number of anilines is 4. The average Bonchev–Trinajstić information content (AvgIpc) is 0.787. The maximum atomic E-state index is 8.49. The molecule has 0 saturated heterocycles. The molecule has 14 rings (SSSR count). The third kappa shape index (κ3) is 20.8. The van der Waals surface area contributed by atoms with Crippen LogP contribution in [0.15, 0.2) is 275 Å². The van der Waals surface area contributed by atoms with E-state index in [1.54, 1.807) is 24.8 Å². The summed E-state index contributed by atoms with van der Waals surface area (Å²) >= 11 is 13.2. The molecular formula is C75H58Cl4N8O8S2Zn. The number of benzene rings is 6. The number of para-hydroxylation sites is 2. The Labute approximate surface area is 603 Å². The number of hydrogen-bond donors (Lipinski definition) is 0. The Hall–Kier alpha value is -8.54. The summed E-state index contributed by atoms with van der Waals surface area (Å²) in [7, 11) is -9.89. The Kier molecular flexibility index (Phi) is 26.5. The zero-order valence-corrected chi connectivity index (χ0v) is 60.2. The molecule has 0 unspecified atom stereocenters. The van der Waals surface area contributed by atoms with Gasteiger partial charge in [-0.3, -0.25) is 19.9 Å². The fourth-order valence-electron chi connectivity index (χ4n) is 10.5. The summed E-state index contributed by atoms with van der Waals surface area (Å²) in [6.07, 6.45) is 15.9. The van der Waals surface area contributed by atoms with Crippen LogP contribution in [0.5, 0.6) is 0 Å². The van der Waals surface area contributed by atoms with E-state index >= 15 is 0 Å². The van der Waals surface area contributed by atoms with Gasteiger partial charge in [-0.25, -0.2) is 47.2 Å². The summed E-state index contributed by atoms with van der Waals surface area (Å²) in [6, 6.07) is 80.0. The first kappa shape index (κ1) is 73.7. The molecule has 2 aliphatic rings. The van der Waals surface area contributed by atoms with Crippen molar-refractivity contribution in [2.75, 3.05) is 28.2 Å². The quantitative estimate of drug-likeness (QED) is 0.0625. The second kappa shape index (κ2) is 35.3. The molecule has 12 aromatic rings. The molecule has 0 fully saturated rings. The predicted molar refractivity (Wildman–Crippen MR) is 366 cm³/mol. The van der Waals surface area contributed by atoms with E-state index in [0.717, 1.165) is 92.0 Å². The van der Waals surface area contributed by atoms with Gasteiger partial charge in [0.05, 0.1) is 73.6 Å². The van der Waals surface area contributed by atoms with E-state index < -0.39 is 20.5 Å². The van der Waals surface area contributed by atoms with Gasteiger partial charge in [-0.15, -0.1) is 43.7 Å². The Morgan fingerprint density at radius 3 is 0.878 bits per heavy atom. The Balaban J connectivity index is 0.000000193. The van der Waals surface area contributed by atoms with Crippen molar-refractivity contribution in [3.05, 3.63) is 278 Å². The van der Waals surface area contributed by atoms with E-state index in [1.165, 1.54) is 53.5 Å². The van der Waals surface area contributed by atoms with E-state index in [2.05, 4.69) is 226 Å². The van der Waals surface area contributed by atoms with E-state index in [-0.39, 0.29) is 24.8 Å². The molecular weight excluding hydrogens is 1410 g/mol. The Morgan fingerprint density at radius 1 is 0.327 bits per heavy atom. The molecule has 6 aromatic carbocycles. The fourth-order valence-corrected chi connectivity index (χ4v) is 12.8. The summed E-state index contributed by atoms with van der Waals surface area (Å²) in [5.74, 6) is 0. The molecule has 0 bridgehead atoms. The molecule has 2 aliphatic heterocycles. The molecule has 0 aliphatic carbocycles. The monoisotopic (exact) mass is 1470 g/mol. The van der Waals surface area contributed by atoms with Gasteiger partial charge in [0.2, 0.25) is 0 Å². The van der Waals surface area contributed by atoms with Crippen molar-refractivity contribution in [2.24, 2.45) is 0 Å². The summed E-state index contributed by atoms with van der Waals surface area (Å²) in [5, 5.41) is 0.194. The van der Waals surface area contributed by atoms with Crippen LogP contribution in [0.1, 0.15) is 36.1 Å². The van der Waals surface area contributed by atoms with Gasteiger partial charge in [-0.05, 0) is 180 Å². The van der Waals surface area contributed by atoms with Crippen LogP contribution in [0.3, 0.4) is 0 Å². The normalized spacial score (nSPS) is 11.9. The zero-order valence-electron chi connectivity index (χ0n) is 52.6. The van der Waals surface area contributed by atoms with Crippen molar-refractivity contribution < 1.29 is 77.2 Å².